The Morgan fingerprint density at radius 2 is 2.00 bits per heavy atom. The monoisotopic (exact) mass is 372 g/mol. The van der Waals surface area contributed by atoms with Crippen LogP contribution in [0.1, 0.15) is 25.0 Å². The number of nitrogens with zero attached hydrogens (tertiary/aromatic N) is 1. The van der Waals surface area contributed by atoms with Gasteiger partial charge in [-0.3, -0.25) is 9.59 Å². The summed E-state index contributed by atoms with van der Waals surface area (Å²) in [6.07, 6.45) is -4.13. The van der Waals surface area contributed by atoms with Crippen molar-refractivity contribution in [3.05, 3.63) is 35.1 Å². The zero-order valence-electron chi connectivity index (χ0n) is 14.9. The molecule has 0 spiro atoms. The van der Waals surface area contributed by atoms with Gasteiger partial charge in [-0.15, -0.1) is 0 Å². The maximum atomic E-state index is 13.7. The van der Waals surface area contributed by atoms with Crippen molar-refractivity contribution in [2.24, 2.45) is 5.41 Å². The Balaban J connectivity index is 1.99. The summed E-state index contributed by atoms with van der Waals surface area (Å²) in [5, 5.41) is 12.6. The average molecular weight is 372 g/mol. The molecule has 0 bridgehead atoms. The molecule has 1 heterocycles. The fraction of sp³-hybridized carbons (Fsp3) is 0.556. The van der Waals surface area contributed by atoms with Crippen LogP contribution in [0.5, 0.6) is 0 Å². The molecule has 0 radical (unpaired) electrons. The predicted molar refractivity (Wildman–Crippen MR) is 89.1 cm³/mol. The van der Waals surface area contributed by atoms with E-state index in [0.717, 1.165) is 24.3 Å². The zero-order chi connectivity index (χ0) is 19.6. The van der Waals surface area contributed by atoms with Gasteiger partial charge < -0.3 is 15.3 Å². The third kappa shape index (κ3) is 4.35. The topological polar surface area (TPSA) is 69.6 Å². The van der Waals surface area contributed by atoms with Crippen LogP contribution in [-0.2, 0) is 16.0 Å². The number of hydrogen-bond donors (Lipinski definition) is 2. The van der Waals surface area contributed by atoms with E-state index in [1.165, 1.54) is 6.07 Å². The molecule has 0 aromatic heterocycles. The summed E-state index contributed by atoms with van der Waals surface area (Å²) in [5.41, 5.74) is -0.841. The zero-order valence-corrected chi connectivity index (χ0v) is 14.9. The summed E-state index contributed by atoms with van der Waals surface area (Å²) in [6.45, 7) is 3.84. The van der Waals surface area contributed by atoms with Crippen molar-refractivity contribution < 1.29 is 27.9 Å². The van der Waals surface area contributed by atoms with E-state index < -0.39 is 41.6 Å². The number of alkyl halides is 2. The molecular weight excluding hydrogens is 349 g/mol. The summed E-state index contributed by atoms with van der Waals surface area (Å²) < 4.78 is 39.8. The molecule has 2 atom stereocenters. The molecule has 1 aromatic rings. The van der Waals surface area contributed by atoms with Crippen LogP contribution in [0.4, 0.5) is 13.2 Å². The van der Waals surface area contributed by atoms with E-state index in [4.69, 9.17) is 0 Å². The molecule has 1 fully saturated rings. The highest BCUT2D eigenvalue weighted by Gasteiger charge is 2.44. The summed E-state index contributed by atoms with van der Waals surface area (Å²) in [5.74, 6) is -1.80. The third-order valence-electron chi connectivity index (χ3n) is 4.57. The third-order valence-corrected chi connectivity index (χ3v) is 4.57. The van der Waals surface area contributed by atoms with Gasteiger partial charge in [-0.1, -0.05) is 17.7 Å². The highest BCUT2D eigenvalue weighted by Crippen LogP contribution is 2.29. The van der Waals surface area contributed by atoms with Crippen molar-refractivity contribution in [3.8, 4) is 0 Å². The first-order valence-electron chi connectivity index (χ1n) is 8.32. The molecule has 5 nitrogen and oxygen atoms in total. The van der Waals surface area contributed by atoms with Gasteiger partial charge in [-0.05, 0) is 32.4 Å². The highest BCUT2D eigenvalue weighted by molar-refractivity contribution is 5.83. The largest absolute Gasteiger partial charge is 0.389 e. The van der Waals surface area contributed by atoms with Crippen molar-refractivity contribution in [2.75, 3.05) is 13.1 Å². The van der Waals surface area contributed by atoms with Crippen LogP contribution in [0, 0.1) is 18.2 Å². The van der Waals surface area contributed by atoms with Crippen LogP contribution in [-0.4, -0.2) is 53.5 Å². The Labute approximate surface area is 150 Å². The summed E-state index contributed by atoms with van der Waals surface area (Å²) in [6, 6.07) is 3.63. The maximum Gasteiger partial charge on any atom is 0.252 e. The van der Waals surface area contributed by atoms with E-state index in [2.05, 4.69) is 5.32 Å². The Morgan fingerprint density at radius 3 is 2.62 bits per heavy atom. The Hall–Kier alpha value is -2.09. The van der Waals surface area contributed by atoms with Gasteiger partial charge in [0.15, 0.2) is 0 Å². The molecule has 26 heavy (non-hydrogen) atoms. The lowest BCUT2D eigenvalue weighted by Crippen LogP contribution is -2.46. The normalized spacial score (nSPS) is 20.5. The number of amides is 2. The molecule has 2 amide bonds. The van der Waals surface area contributed by atoms with Gasteiger partial charge in [0.25, 0.3) is 6.43 Å². The standard InChI is InChI=1S/C18H23F3N2O3/c1-10-4-5-12(19)11(6-10)7-15(25)22-13-8-23(9-14(13)24)17(26)18(2,3)16(20)21/h4-6,13-14,16,24H,7-9H2,1-3H3,(H,22,25)/t13-,14-/m1/s1. The number of aliphatic hydroxyl groups is 1. The second-order valence-electron chi connectivity index (χ2n) is 7.25. The molecule has 8 heteroatoms. The van der Waals surface area contributed by atoms with E-state index >= 15 is 0 Å². The van der Waals surface area contributed by atoms with Crippen molar-refractivity contribution in [2.45, 2.75) is 45.8 Å². The highest BCUT2D eigenvalue weighted by atomic mass is 19.3. The van der Waals surface area contributed by atoms with E-state index in [0.29, 0.717) is 0 Å². The fourth-order valence-electron chi connectivity index (χ4n) is 2.86. The van der Waals surface area contributed by atoms with Gasteiger partial charge in [-0.25, -0.2) is 13.2 Å². The lowest BCUT2D eigenvalue weighted by atomic mass is 9.92. The lowest BCUT2D eigenvalue weighted by molar-refractivity contribution is -0.148. The Kier molecular flexibility index (Phi) is 5.95. The first-order valence-corrected chi connectivity index (χ1v) is 8.32. The second-order valence-corrected chi connectivity index (χ2v) is 7.25. The number of carbonyl (C=O) groups excluding carboxylic acids is 2. The molecule has 2 N–H and O–H groups in total. The lowest BCUT2D eigenvalue weighted by Gasteiger charge is -2.28. The number of hydrogen-bond acceptors (Lipinski definition) is 3. The van der Waals surface area contributed by atoms with Gasteiger partial charge in [0.1, 0.15) is 11.2 Å². The van der Waals surface area contributed by atoms with Gasteiger partial charge in [-0.2, -0.15) is 0 Å². The quantitative estimate of drug-likeness (QED) is 0.826. The first-order chi connectivity index (χ1) is 12.0. The van der Waals surface area contributed by atoms with Crippen LogP contribution in [0.3, 0.4) is 0 Å². The number of carbonyl (C=O) groups is 2. The van der Waals surface area contributed by atoms with E-state index in [1.807, 2.05) is 0 Å². The average Bonchev–Trinajstić information content (AvgIpc) is 2.90. The Bertz CT molecular complexity index is 694. The van der Waals surface area contributed by atoms with Gasteiger partial charge in [0.2, 0.25) is 11.8 Å². The SMILES string of the molecule is Cc1ccc(F)c(CC(=O)N[C@@H]2CN(C(=O)C(C)(C)C(F)F)C[C@H]2O)c1. The van der Waals surface area contributed by atoms with E-state index in [-0.39, 0.29) is 25.1 Å². The van der Waals surface area contributed by atoms with Crippen LogP contribution in [0.15, 0.2) is 18.2 Å². The predicted octanol–water partition coefficient (Wildman–Crippen LogP) is 1.66. The molecule has 1 aliphatic rings. The van der Waals surface area contributed by atoms with Crippen molar-refractivity contribution in [3.63, 3.8) is 0 Å². The number of halogens is 3. The number of rotatable bonds is 5. The van der Waals surface area contributed by atoms with Crippen LogP contribution < -0.4 is 5.32 Å². The number of nitrogens with one attached hydrogen (secondary N) is 1. The smallest absolute Gasteiger partial charge is 0.252 e. The molecule has 2 rings (SSSR count). The van der Waals surface area contributed by atoms with Crippen molar-refractivity contribution in [1.29, 1.82) is 0 Å². The minimum atomic E-state index is -2.84. The molecule has 144 valence electrons. The number of β-amino-alcohol motifs (C(OH)–C–C–N with tert-alkyl or cyclic N) is 1. The van der Waals surface area contributed by atoms with E-state index in [9.17, 15) is 27.9 Å². The molecule has 0 saturated carbocycles. The van der Waals surface area contributed by atoms with Crippen molar-refractivity contribution >= 4 is 11.8 Å². The molecule has 1 aromatic carbocycles. The summed E-state index contributed by atoms with van der Waals surface area (Å²) in [7, 11) is 0. The van der Waals surface area contributed by atoms with Crippen LogP contribution >= 0.6 is 0 Å². The first kappa shape index (κ1) is 20.2. The Morgan fingerprint density at radius 1 is 1.35 bits per heavy atom. The fourth-order valence-corrected chi connectivity index (χ4v) is 2.86. The molecular formula is C18H23F3N2O3. The molecule has 0 aliphatic carbocycles. The summed E-state index contributed by atoms with van der Waals surface area (Å²) in [4.78, 5) is 25.5. The summed E-state index contributed by atoms with van der Waals surface area (Å²) >= 11 is 0. The van der Waals surface area contributed by atoms with Gasteiger partial charge in [0, 0.05) is 13.1 Å². The molecule has 0 unspecified atom stereocenters. The number of benzene rings is 1. The van der Waals surface area contributed by atoms with E-state index in [1.54, 1.807) is 19.1 Å². The van der Waals surface area contributed by atoms with Gasteiger partial charge >= 0.3 is 0 Å². The maximum absolute atomic E-state index is 13.7. The minimum Gasteiger partial charge on any atom is -0.389 e. The number of aliphatic hydroxyl groups excluding tert-OH is 1. The van der Waals surface area contributed by atoms with Crippen LogP contribution in [0.2, 0.25) is 0 Å². The van der Waals surface area contributed by atoms with Crippen molar-refractivity contribution in [1.82, 2.24) is 10.2 Å². The van der Waals surface area contributed by atoms with Crippen LogP contribution in [0.25, 0.3) is 0 Å². The minimum absolute atomic E-state index is 0.0712. The number of likely N-dealkylation sites (tertiary alicyclic amines) is 1. The van der Waals surface area contributed by atoms with Gasteiger partial charge in [0.05, 0.1) is 18.6 Å². The number of aryl methyl sites for hydroxylation is 1. The molecule has 1 aliphatic heterocycles. The molecule has 1 saturated heterocycles. The second kappa shape index (κ2) is 7.65.